The van der Waals surface area contributed by atoms with Gasteiger partial charge < -0.3 is 4.57 Å². The molecular weight excluding hydrogens is 260 g/mol. The fourth-order valence-corrected chi connectivity index (χ4v) is 2.60. The van der Waals surface area contributed by atoms with Crippen molar-refractivity contribution in [1.29, 1.82) is 0 Å². The normalized spacial score (nSPS) is 11.4. The van der Waals surface area contributed by atoms with Crippen LogP contribution in [0.25, 0.3) is 22.3 Å². The van der Waals surface area contributed by atoms with Crippen LogP contribution in [-0.4, -0.2) is 19.5 Å². The monoisotopic (exact) mass is 272 g/mol. The molecule has 3 rings (SSSR count). The molecule has 0 aliphatic heterocycles. The Kier molecular flexibility index (Phi) is 2.95. The lowest BCUT2D eigenvalue weighted by atomic mass is 10.1. The molecule has 0 aliphatic carbocycles. The van der Waals surface area contributed by atoms with Crippen LogP contribution in [0.15, 0.2) is 36.8 Å². The number of rotatable bonds is 2. The van der Waals surface area contributed by atoms with E-state index in [1.54, 1.807) is 18.6 Å². The van der Waals surface area contributed by atoms with Crippen molar-refractivity contribution in [3.63, 3.8) is 0 Å². The standard InChI is InChI=1S/C14H13ClN4/c1-9(2)19-12-5-3-4-10(13(12)18-14(19)15)11-8-16-6-7-17-11/h3-9H,1-2H3. The predicted molar refractivity (Wildman–Crippen MR) is 76.2 cm³/mol. The van der Waals surface area contributed by atoms with Gasteiger partial charge in [-0.25, -0.2) is 4.98 Å². The van der Waals surface area contributed by atoms with Crippen LogP contribution in [0.1, 0.15) is 19.9 Å². The first-order valence-corrected chi connectivity index (χ1v) is 6.49. The van der Waals surface area contributed by atoms with E-state index in [2.05, 4.69) is 28.8 Å². The summed E-state index contributed by atoms with van der Waals surface area (Å²) in [6, 6.07) is 6.26. The molecule has 0 saturated carbocycles. The number of hydrogen-bond acceptors (Lipinski definition) is 3. The van der Waals surface area contributed by atoms with E-state index in [0.29, 0.717) is 5.28 Å². The lowest BCUT2D eigenvalue weighted by molar-refractivity contribution is 0.618. The van der Waals surface area contributed by atoms with Gasteiger partial charge in [-0.15, -0.1) is 0 Å². The molecule has 0 bridgehead atoms. The lowest BCUT2D eigenvalue weighted by Crippen LogP contribution is -2.00. The van der Waals surface area contributed by atoms with Crippen molar-refractivity contribution in [3.8, 4) is 11.3 Å². The predicted octanol–water partition coefficient (Wildman–Crippen LogP) is 3.73. The van der Waals surface area contributed by atoms with Crippen molar-refractivity contribution in [2.75, 3.05) is 0 Å². The molecule has 2 heterocycles. The van der Waals surface area contributed by atoms with Crippen LogP contribution in [0, 0.1) is 0 Å². The molecule has 0 amide bonds. The van der Waals surface area contributed by atoms with Crippen LogP contribution in [0.5, 0.6) is 0 Å². The fourth-order valence-electron chi connectivity index (χ4n) is 2.22. The van der Waals surface area contributed by atoms with E-state index in [0.717, 1.165) is 22.3 Å². The van der Waals surface area contributed by atoms with E-state index < -0.39 is 0 Å². The zero-order valence-electron chi connectivity index (χ0n) is 10.7. The number of benzene rings is 1. The molecule has 0 saturated heterocycles. The van der Waals surface area contributed by atoms with E-state index in [1.807, 2.05) is 22.8 Å². The molecule has 5 heteroatoms. The molecule has 0 radical (unpaired) electrons. The maximum absolute atomic E-state index is 6.24. The summed E-state index contributed by atoms with van der Waals surface area (Å²) < 4.78 is 2.01. The molecule has 96 valence electrons. The second-order valence-corrected chi connectivity index (χ2v) is 4.95. The molecule has 19 heavy (non-hydrogen) atoms. The summed E-state index contributed by atoms with van der Waals surface area (Å²) in [5, 5.41) is 0.501. The molecule has 0 spiro atoms. The SMILES string of the molecule is CC(C)n1c(Cl)nc2c(-c3cnccn3)cccc21. The van der Waals surface area contributed by atoms with Gasteiger partial charge in [0.1, 0.15) is 0 Å². The van der Waals surface area contributed by atoms with Gasteiger partial charge in [-0.05, 0) is 31.5 Å². The van der Waals surface area contributed by atoms with Gasteiger partial charge in [0, 0.05) is 24.0 Å². The number of hydrogen-bond donors (Lipinski definition) is 0. The molecule has 4 nitrogen and oxygen atoms in total. The Balaban J connectivity index is 2.31. The van der Waals surface area contributed by atoms with Crippen LogP contribution in [-0.2, 0) is 0 Å². The summed E-state index contributed by atoms with van der Waals surface area (Å²) in [5.41, 5.74) is 3.63. The summed E-state index contributed by atoms with van der Waals surface area (Å²) >= 11 is 6.24. The van der Waals surface area contributed by atoms with Crippen LogP contribution >= 0.6 is 11.6 Å². The minimum absolute atomic E-state index is 0.259. The average molecular weight is 273 g/mol. The number of halogens is 1. The summed E-state index contributed by atoms with van der Waals surface area (Å²) in [4.78, 5) is 12.9. The molecule has 0 fully saturated rings. The Morgan fingerprint density at radius 3 is 2.74 bits per heavy atom. The zero-order chi connectivity index (χ0) is 13.4. The quantitative estimate of drug-likeness (QED) is 0.714. The first-order valence-electron chi connectivity index (χ1n) is 6.11. The summed E-state index contributed by atoms with van der Waals surface area (Å²) in [7, 11) is 0. The van der Waals surface area contributed by atoms with Crippen LogP contribution in [0.3, 0.4) is 0 Å². The lowest BCUT2D eigenvalue weighted by Gasteiger charge is -2.09. The van der Waals surface area contributed by atoms with E-state index in [9.17, 15) is 0 Å². The van der Waals surface area contributed by atoms with Gasteiger partial charge in [0.15, 0.2) is 0 Å². The van der Waals surface area contributed by atoms with Crippen molar-refractivity contribution >= 4 is 22.6 Å². The van der Waals surface area contributed by atoms with Gasteiger partial charge >= 0.3 is 0 Å². The Bertz CT molecular complexity index is 719. The molecule has 1 aromatic carbocycles. The van der Waals surface area contributed by atoms with Crippen LogP contribution < -0.4 is 0 Å². The van der Waals surface area contributed by atoms with Crippen molar-refractivity contribution < 1.29 is 0 Å². The van der Waals surface area contributed by atoms with E-state index >= 15 is 0 Å². The van der Waals surface area contributed by atoms with Gasteiger partial charge in [-0.3, -0.25) is 9.97 Å². The van der Waals surface area contributed by atoms with Crippen LogP contribution in [0.4, 0.5) is 0 Å². The number of para-hydroxylation sites is 1. The summed E-state index contributed by atoms with van der Waals surface area (Å²) in [6.07, 6.45) is 5.07. The third kappa shape index (κ3) is 1.98. The van der Waals surface area contributed by atoms with Crippen molar-refractivity contribution in [3.05, 3.63) is 42.1 Å². The van der Waals surface area contributed by atoms with E-state index in [-0.39, 0.29) is 6.04 Å². The zero-order valence-corrected chi connectivity index (χ0v) is 11.5. The smallest absolute Gasteiger partial charge is 0.204 e. The van der Waals surface area contributed by atoms with E-state index in [1.165, 1.54) is 0 Å². The minimum Gasteiger partial charge on any atom is -0.312 e. The van der Waals surface area contributed by atoms with Gasteiger partial charge in [0.2, 0.25) is 5.28 Å². The number of nitrogens with zero attached hydrogens (tertiary/aromatic N) is 4. The molecule has 0 unspecified atom stereocenters. The average Bonchev–Trinajstić information content (AvgIpc) is 2.75. The third-order valence-electron chi connectivity index (χ3n) is 3.03. The number of imidazole rings is 1. The molecule has 0 N–H and O–H groups in total. The first-order chi connectivity index (χ1) is 9.18. The Hall–Kier alpha value is -1.94. The highest BCUT2D eigenvalue weighted by Gasteiger charge is 2.15. The van der Waals surface area contributed by atoms with E-state index in [4.69, 9.17) is 11.6 Å². The maximum Gasteiger partial charge on any atom is 0.204 e. The molecule has 2 aromatic heterocycles. The first kappa shape index (κ1) is 12.1. The van der Waals surface area contributed by atoms with Crippen molar-refractivity contribution in [1.82, 2.24) is 19.5 Å². The van der Waals surface area contributed by atoms with Gasteiger partial charge in [0.25, 0.3) is 0 Å². The Labute approximate surface area is 116 Å². The highest BCUT2D eigenvalue weighted by molar-refractivity contribution is 6.29. The minimum atomic E-state index is 0.259. The van der Waals surface area contributed by atoms with Crippen molar-refractivity contribution in [2.45, 2.75) is 19.9 Å². The van der Waals surface area contributed by atoms with Gasteiger partial charge in [-0.1, -0.05) is 12.1 Å². The topological polar surface area (TPSA) is 43.6 Å². The highest BCUT2D eigenvalue weighted by Crippen LogP contribution is 2.30. The molecule has 0 aliphatic rings. The molecule has 0 atom stereocenters. The third-order valence-corrected chi connectivity index (χ3v) is 3.30. The molecular formula is C14H13ClN4. The van der Waals surface area contributed by atoms with Gasteiger partial charge in [-0.2, -0.15) is 0 Å². The van der Waals surface area contributed by atoms with Crippen LogP contribution in [0.2, 0.25) is 5.28 Å². The second-order valence-electron chi connectivity index (χ2n) is 4.61. The number of aromatic nitrogens is 4. The Morgan fingerprint density at radius 1 is 1.21 bits per heavy atom. The Morgan fingerprint density at radius 2 is 2.05 bits per heavy atom. The largest absolute Gasteiger partial charge is 0.312 e. The highest BCUT2D eigenvalue weighted by atomic mass is 35.5. The second kappa shape index (κ2) is 4.63. The summed E-state index contributed by atoms with van der Waals surface area (Å²) in [6.45, 7) is 4.17. The van der Waals surface area contributed by atoms with Gasteiger partial charge in [0.05, 0.1) is 22.9 Å². The number of fused-ring (bicyclic) bond motifs is 1. The fraction of sp³-hybridized carbons (Fsp3) is 0.214. The summed E-state index contributed by atoms with van der Waals surface area (Å²) in [5.74, 6) is 0. The maximum atomic E-state index is 6.24. The van der Waals surface area contributed by atoms with Crippen molar-refractivity contribution in [2.24, 2.45) is 0 Å². The molecule has 3 aromatic rings.